The van der Waals surface area contributed by atoms with Crippen LogP contribution in [0.5, 0.6) is 0 Å². The minimum Gasteiger partial charge on any atom is -0.337 e. The van der Waals surface area contributed by atoms with Crippen molar-refractivity contribution in [1.29, 1.82) is 0 Å². The van der Waals surface area contributed by atoms with E-state index in [0.29, 0.717) is 17.8 Å². The largest absolute Gasteiger partial charge is 0.337 e. The first kappa shape index (κ1) is 12.4. The highest BCUT2D eigenvalue weighted by molar-refractivity contribution is 9.09. The number of hydrogen-bond acceptors (Lipinski definition) is 2. The SMILES string of the molecule is O=C1CC(Br)CN1Cc1ccc(-n2cccn2)cc1. The topological polar surface area (TPSA) is 38.1 Å². The maximum atomic E-state index is 11.7. The van der Waals surface area contributed by atoms with Crippen LogP contribution in [0.25, 0.3) is 5.69 Å². The van der Waals surface area contributed by atoms with E-state index in [0.717, 1.165) is 17.8 Å². The van der Waals surface area contributed by atoms with Gasteiger partial charge in [0.1, 0.15) is 0 Å². The molecule has 19 heavy (non-hydrogen) atoms. The summed E-state index contributed by atoms with van der Waals surface area (Å²) in [5.74, 6) is 0.220. The summed E-state index contributed by atoms with van der Waals surface area (Å²) < 4.78 is 1.82. The first-order valence-electron chi connectivity index (χ1n) is 6.23. The van der Waals surface area contributed by atoms with Gasteiger partial charge in [0, 0.05) is 36.7 Å². The lowest BCUT2D eigenvalue weighted by molar-refractivity contribution is -0.128. The summed E-state index contributed by atoms with van der Waals surface area (Å²) in [7, 11) is 0. The highest BCUT2D eigenvalue weighted by Crippen LogP contribution is 2.20. The van der Waals surface area contributed by atoms with Gasteiger partial charge in [-0.3, -0.25) is 4.79 Å². The van der Waals surface area contributed by atoms with Crippen LogP contribution in [0, 0.1) is 0 Å². The average Bonchev–Trinajstić information content (AvgIpc) is 3.01. The zero-order valence-corrected chi connectivity index (χ0v) is 12.0. The fourth-order valence-corrected chi connectivity index (χ4v) is 2.90. The molecule has 1 fully saturated rings. The van der Waals surface area contributed by atoms with Gasteiger partial charge in [-0.2, -0.15) is 5.10 Å². The summed E-state index contributed by atoms with van der Waals surface area (Å²) in [4.78, 5) is 13.9. The number of alkyl halides is 1. The van der Waals surface area contributed by atoms with Gasteiger partial charge in [-0.15, -0.1) is 0 Å². The minimum absolute atomic E-state index is 0.220. The van der Waals surface area contributed by atoms with Crippen molar-refractivity contribution in [2.24, 2.45) is 0 Å². The Kier molecular flexibility index (Phi) is 3.38. The van der Waals surface area contributed by atoms with Crippen molar-refractivity contribution in [2.45, 2.75) is 17.8 Å². The molecule has 2 aromatic rings. The monoisotopic (exact) mass is 319 g/mol. The van der Waals surface area contributed by atoms with Crippen LogP contribution in [0.1, 0.15) is 12.0 Å². The number of benzene rings is 1. The molecular weight excluding hydrogens is 306 g/mol. The number of carbonyl (C=O) groups excluding carboxylic acids is 1. The van der Waals surface area contributed by atoms with Gasteiger partial charge in [-0.25, -0.2) is 4.68 Å². The van der Waals surface area contributed by atoms with E-state index in [2.05, 4.69) is 21.0 Å². The van der Waals surface area contributed by atoms with E-state index in [1.54, 1.807) is 6.20 Å². The quantitative estimate of drug-likeness (QED) is 0.815. The number of nitrogens with zero attached hydrogens (tertiary/aromatic N) is 3. The molecule has 0 bridgehead atoms. The fraction of sp³-hybridized carbons (Fsp3) is 0.286. The predicted molar refractivity (Wildman–Crippen MR) is 76.3 cm³/mol. The van der Waals surface area contributed by atoms with Gasteiger partial charge in [-0.05, 0) is 23.8 Å². The number of aromatic nitrogens is 2. The molecule has 1 aliphatic heterocycles. The fourth-order valence-electron chi connectivity index (χ4n) is 2.27. The molecule has 1 aromatic heterocycles. The van der Waals surface area contributed by atoms with Crippen LogP contribution in [0.3, 0.4) is 0 Å². The van der Waals surface area contributed by atoms with Crippen molar-refractivity contribution >= 4 is 21.8 Å². The van der Waals surface area contributed by atoms with Crippen LogP contribution >= 0.6 is 15.9 Å². The Labute approximate surface area is 120 Å². The molecule has 5 heteroatoms. The zero-order chi connectivity index (χ0) is 13.2. The molecule has 0 aliphatic carbocycles. The molecule has 1 saturated heterocycles. The van der Waals surface area contributed by atoms with Crippen molar-refractivity contribution < 1.29 is 4.79 Å². The van der Waals surface area contributed by atoms with Crippen LogP contribution in [0.4, 0.5) is 0 Å². The third-order valence-electron chi connectivity index (χ3n) is 3.25. The van der Waals surface area contributed by atoms with Gasteiger partial charge in [-0.1, -0.05) is 28.1 Å². The second-order valence-corrected chi connectivity index (χ2v) is 5.99. The Morgan fingerprint density at radius 3 is 2.68 bits per heavy atom. The van der Waals surface area contributed by atoms with Crippen LogP contribution in [0.2, 0.25) is 0 Å². The van der Waals surface area contributed by atoms with Crippen LogP contribution in [-0.2, 0) is 11.3 Å². The second kappa shape index (κ2) is 5.17. The minimum atomic E-state index is 0.220. The number of carbonyl (C=O) groups is 1. The van der Waals surface area contributed by atoms with Gasteiger partial charge in [0.2, 0.25) is 5.91 Å². The molecule has 1 amide bonds. The van der Waals surface area contributed by atoms with Crippen LogP contribution in [-0.4, -0.2) is 32.0 Å². The third-order valence-corrected chi connectivity index (χ3v) is 3.86. The summed E-state index contributed by atoms with van der Waals surface area (Å²) in [5, 5.41) is 4.19. The van der Waals surface area contributed by atoms with E-state index in [1.807, 2.05) is 46.1 Å². The lowest BCUT2D eigenvalue weighted by atomic mass is 10.2. The Hall–Kier alpha value is -1.62. The maximum Gasteiger partial charge on any atom is 0.224 e. The lowest BCUT2D eigenvalue weighted by Gasteiger charge is -2.16. The number of amides is 1. The van der Waals surface area contributed by atoms with Crippen LogP contribution < -0.4 is 0 Å². The van der Waals surface area contributed by atoms with Crippen molar-refractivity contribution in [3.8, 4) is 5.69 Å². The van der Waals surface area contributed by atoms with Gasteiger partial charge in [0.05, 0.1) is 5.69 Å². The number of rotatable bonds is 3. The molecule has 0 N–H and O–H groups in total. The predicted octanol–water partition coefficient (Wildman–Crippen LogP) is 2.37. The molecule has 1 unspecified atom stereocenters. The second-order valence-electron chi connectivity index (χ2n) is 4.69. The molecule has 0 radical (unpaired) electrons. The van der Waals surface area contributed by atoms with E-state index in [9.17, 15) is 4.79 Å². The maximum absolute atomic E-state index is 11.7. The van der Waals surface area contributed by atoms with E-state index >= 15 is 0 Å². The van der Waals surface area contributed by atoms with Crippen molar-refractivity contribution in [1.82, 2.24) is 14.7 Å². The zero-order valence-electron chi connectivity index (χ0n) is 10.4. The number of likely N-dealkylation sites (tertiary alicyclic amines) is 1. The smallest absolute Gasteiger partial charge is 0.224 e. The van der Waals surface area contributed by atoms with Gasteiger partial charge in [0.15, 0.2) is 0 Å². The van der Waals surface area contributed by atoms with E-state index < -0.39 is 0 Å². The third kappa shape index (κ3) is 2.71. The van der Waals surface area contributed by atoms with Crippen LogP contribution in [0.15, 0.2) is 42.7 Å². The standard InChI is InChI=1S/C14H14BrN3O/c15-12-8-14(19)17(10-12)9-11-2-4-13(5-3-11)18-7-1-6-16-18/h1-7,12H,8-10H2. The highest BCUT2D eigenvalue weighted by atomic mass is 79.9. The van der Waals surface area contributed by atoms with Crippen molar-refractivity contribution in [3.05, 3.63) is 48.3 Å². The summed E-state index contributed by atoms with van der Waals surface area (Å²) >= 11 is 3.50. The molecule has 2 heterocycles. The molecule has 1 aromatic carbocycles. The van der Waals surface area contributed by atoms with Crippen molar-refractivity contribution in [3.63, 3.8) is 0 Å². The normalized spacial score (nSPS) is 19.1. The molecule has 1 atom stereocenters. The Balaban J connectivity index is 1.71. The van der Waals surface area contributed by atoms with Crippen molar-refractivity contribution in [2.75, 3.05) is 6.54 Å². The molecule has 98 valence electrons. The molecule has 3 rings (SSSR count). The molecule has 0 saturated carbocycles. The van der Waals surface area contributed by atoms with Gasteiger partial charge >= 0.3 is 0 Å². The first-order valence-corrected chi connectivity index (χ1v) is 7.15. The van der Waals surface area contributed by atoms with Gasteiger partial charge in [0.25, 0.3) is 0 Å². The number of hydrogen-bond donors (Lipinski definition) is 0. The van der Waals surface area contributed by atoms with Gasteiger partial charge < -0.3 is 4.90 Å². The molecule has 4 nitrogen and oxygen atoms in total. The molecular formula is C14H14BrN3O. The lowest BCUT2D eigenvalue weighted by Crippen LogP contribution is -2.24. The Morgan fingerprint density at radius 2 is 2.11 bits per heavy atom. The molecule has 0 spiro atoms. The van der Waals surface area contributed by atoms with E-state index in [1.165, 1.54) is 0 Å². The van der Waals surface area contributed by atoms with E-state index in [4.69, 9.17) is 0 Å². The number of halogens is 1. The molecule has 1 aliphatic rings. The summed E-state index contributed by atoms with van der Waals surface area (Å²) in [6, 6.07) is 10.0. The Morgan fingerprint density at radius 1 is 1.32 bits per heavy atom. The first-order chi connectivity index (χ1) is 9.22. The average molecular weight is 320 g/mol. The highest BCUT2D eigenvalue weighted by Gasteiger charge is 2.27. The van der Waals surface area contributed by atoms with E-state index in [-0.39, 0.29) is 5.91 Å². The Bertz CT molecular complexity index is 565. The summed E-state index contributed by atoms with van der Waals surface area (Å²) in [5.41, 5.74) is 2.17. The summed E-state index contributed by atoms with van der Waals surface area (Å²) in [6.07, 6.45) is 4.27. The summed E-state index contributed by atoms with van der Waals surface area (Å²) in [6.45, 7) is 1.47.